The average molecular weight is 372 g/mol. The number of hydrogen-bond acceptors (Lipinski definition) is 3. The van der Waals surface area contributed by atoms with E-state index in [0.29, 0.717) is 0 Å². The average Bonchev–Trinajstić information content (AvgIpc) is 2.92. The molecule has 1 aromatic carbocycles. The van der Waals surface area contributed by atoms with Crippen molar-refractivity contribution in [1.82, 2.24) is 9.55 Å². The molecule has 5 heteroatoms. The summed E-state index contributed by atoms with van der Waals surface area (Å²) < 4.78 is 2.28. The van der Waals surface area contributed by atoms with Crippen molar-refractivity contribution in [2.75, 3.05) is 11.4 Å². The van der Waals surface area contributed by atoms with Gasteiger partial charge in [0.05, 0.1) is 10.9 Å². The number of carbonyl (C=O) groups excluding carboxylic acids is 1. The number of amides is 1. The Morgan fingerprint density at radius 1 is 1.31 bits per heavy atom. The van der Waals surface area contributed by atoms with Crippen molar-refractivity contribution in [3.8, 4) is 0 Å². The molecule has 0 saturated heterocycles. The van der Waals surface area contributed by atoms with E-state index in [1.807, 2.05) is 17.9 Å². The molecule has 2 aromatic rings. The summed E-state index contributed by atoms with van der Waals surface area (Å²) in [6, 6.07) is 8.28. The van der Waals surface area contributed by atoms with E-state index >= 15 is 0 Å². The molecule has 0 fully saturated rings. The second-order valence-corrected chi connectivity index (χ2v) is 8.36. The van der Waals surface area contributed by atoms with Gasteiger partial charge in [-0.25, -0.2) is 4.98 Å². The second-order valence-electron chi connectivity index (χ2n) is 7.05. The van der Waals surface area contributed by atoms with Crippen molar-refractivity contribution in [2.24, 2.45) is 0 Å². The SMILES string of the molecule is CCCCn1c(SC(C)C(=O)N2CCCc3ccccc32)nc(C)c1C. The molecule has 3 rings (SSSR count). The van der Waals surface area contributed by atoms with Crippen molar-refractivity contribution in [2.45, 2.75) is 70.3 Å². The molecule has 1 amide bonds. The fourth-order valence-corrected chi connectivity index (χ4v) is 4.57. The first kappa shape index (κ1) is 19.0. The Morgan fingerprint density at radius 2 is 2.08 bits per heavy atom. The van der Waals surface area contributed by atoms with Gasteiger partial charge in [-0.05, 0) is 51.7 Å². The summed E-state index contributed by atoms with van der Waals surface area (Å²) in [6.07, 6.45) is 4.37. The van der Waals surface area contributed by atoms with Gasteiger partial charge >= 0.3 is 0 Å². The largest absolute Gasteiger partial charge is 0.323 e. The highest BCUT2D eigenvalue weighted by molar-refractivity contribution is 8.00. The number of rotatable bonds is 6. The number of aryl methyl sites for hydroxylation is 2. The number of nitrogens with zero attached hydrogens (tertiary/aromatic N) is 3. The molecule has 0 N–H and O–H groups in total. The maximum atomic E-state index is 13.2. The molecule has 1 aliphatic heterocycles. The summed E-state index contributed by atoms with van der Waals surface area (Å²) in [4.78, 5) is 19.8. The molecule has 0 saturated carbocycles. The van der Waals surface area contributed by atoms with Crippen molar-refractivity contribution >= 4 is 23.4 Å². The minimum Gasteiger partial charge on any atom is -0.323 e. The Bertz CT molecular complexity index is 784. The highest BCUT2D eigenvalue weighted by Crippen LogP contribution is 2.31. The van der Waals surface area contributed by atoms with E-state index in [1.165, 1.54) is 11.3 Å². The number of benzene rings is 1. The zero-order valence-corrected chi connectivity index (χ0v) is 17.1. The summed E-state index contributed by atoms with van der Waals surface area (Å²) in [7, 11) is 0. The number of anilines is 1. The van der Waals surface area contributed by atoms with Crippen LogP contribution < -0.4 is 4.90 Å². The van der Waals surface area contributed by atoms with Crippen LogP contribution >= 0.6 is 11.8 Å². The first-order chi connectivity index (χ1) is 12.5. The van der Waals surface area contributed by atoms with Gasteiger partial charge in [0.25, 0.3) is 0 Å². The van der Waals surface area contributed by atoms with E-state index in [2.05, 4.69) is 43.5 Å². The molecule has 140 valence electrons. The molecule has 0 radical (unpaired) electrons. The number of para-hydroxylation sites is 1. The van der Waals surface area contributed by atoms with Gasteiger partial charge in [0, 0.05) is 24.5 Å². The van der Waals surface area contributed by atoms with E-state index < -0.39 is 0 Å². The van der Waals surface area contributed by atoms with Crippen LogP contribution in [0, 0.1) is 13.8 Å². The number of carbonyl (C=O) groups is 1. The molecule has 1 unspecified atom stereocenters. The number of hydrogen-bond donors (Lipinski definition) is 0. The molecule has 0 spiro atoms. The number of unbranched alkanes of at least 4 members (excludes halogenated alkanes) is 1. The molecule has 4 nitrogen and oxygen atoms in total. The Labute approximate surface area is 161 Å². The van der Waals surface area contributed by atoms with E-state index in [1.54, 1.807) is 11.8 Å². The van der Waals surface area contributed by atoms with Crippen LogP contribution in [0.2, 0.25) is 0 Å². The predicted molar refractivity (Wildman–Crippen MR) is 109 cm³/mol. The van der Waals surface area contributed by atoms with Gasteiger partial charge in [0.2, 0.25) is 5.91 Å². The van der Waals surface area contributed by atoms with Crippen LogP contribution in [-0.2, 0) is 17.8 Å². The Kier molecular flexibility index (Phi) is 6.07. The monoisotopic (exact) mass is 371 g/mol. The van der Waals surface area contributed by atoms with Crippen LogP contribution in [0.25, 0.3) is 0 Å². The summed E-state index contributed by atoms with van der Waals surface area (Å²) >= 11 is 1.59. The maximum absolute atomic E-state index is 13.2. The standard InChI is InChI=1S/C21H29N3OS/c1-5-6-13-23-16(3)15(2)22-21(23)26-17(4)20(25)24-14-9-11-18-10-7-8-12-19(18)24/h7-8,10,12,17H,5-6,9,11,13-14H2,1-4H3. The minimum absolute atomic E-state index is 0.150. The Balaban J connectivity index is 1.78. The number of fused-ring (bicyclic) bond motifs is 1. The zero-order valence-electron chi connectivity index (χ0n) is 16.3. The van der Waals surface area contributed by atoms with Gasteiger partial charge in [-0.2, -0.15) is 0 Å². The third-order valence-electron chi connectivity index (χ3n) is 5.16. The summed E-state index contributed by atoms with van der Waals surface area (Å²) in [5.74, 6) is 0.183. The number of imidazole rings is 1. The molecular formula is C21H29N3OS. The fourth-order valence-electron chi connectivity index (χ4n) is 3.48. The predicted octanol–water partition coefficient (Wildman–Crippen LogP) is 4.76. The van der Waals surface area contributed by atoms with Gasteiger partial charge < -0.3 is 9.47 Å². The van der Waals surface area contributed by atoms with Gasteiger partial charge in [0.1, 0.15) is 0 Å². The molecule has 0 bridgehead atoms. The van der Waals surface area contributed by atoms with E-state index in [-0.39, 0.29) is 11.2 Å². The van der Waals surface area contributed by atoms with Crippen LogP contribution in [0.5, 0.6) is 0 Å². The molecule has 2 heterocycles. The lowest BCUT2D eigenvalue weighted by atomic mass is 10.0. The minimum atomic E-state index is -0.150. The van der Waals surface area contributed by atoms with Crippen LogP contribution in [-0.4, -0.2) is 27.3 Å². The molecule has 1 atom stereocenters. The lowest BCUT2D eigenvalue weighted by Gasteiger charge is -2.31. The van der Waals surface area contributed by atoms with Crippen LogP contribution in [0.4, 0.5) is 5.69 Å². The first-order valence-electron chi connectivity index (χ1n) is 9.62. The topological polar surface area (TPSA) is 38.1 Å². The van der Waals surface area contributed by atoms with E-state index in [0.717, 1.165) is 55.3 Å². The molecular weight excluding hydrogens is 342 g/mol. The van der Waals surface area contributed by atoms with Gasteiger partial charge in [-0.1, -0.05) is 43.3 Å². The lowest BCUT2D eigenvalue weighted by Crippen LogP contribution is -2.40. The van der Waals surface area contributed by atoms with Crippen molar-refractivity contribution in [3.63, 3.8) is 0 Å². The van der Waals surface area contributed by atoms with Crippen molar-refractivity contribution < 1.29 is 4.79 Å². The maximum Gasteiger partial charge on any atom is 0.240 e. The molecule has 1 aromatic heterocycles. The van der Waals surface area contributed by atoms with Gasteiger partial charge in [-0.3, -0.25) is 4.79 Å². The quantitative estimate of drug-likeness (QED) is 0.687. The fraction of sp³-hybridized carbons (Fsp3) is 0.524. The smallest absolute Gasteiger partial charge is 0.240 e. The summed E-state index contributed by atoms with van der Waals surface area (Å²) in [6.45, 7) is 10.2. The van der Waals surface area contributed by atoms with Crippen molar-refractivity contribution in [3.05, 3.63) is 41.2 Å². The van der Waals surface area contributed by atoms with E-state index in [4.69, 9.17) is 4.98 Å². The molecule has 0 aliphatic carbocycles. The summed E-state index contributed by atoms with van der Waals surface area (Å²) in [5, 5.41) is 0.822. The van der Waals surface area contributed by atoms with Crippen LogP contribution in [0.15, 0.2) is 29.4 Å². The molecule has 26 heavy (non-hydrogen) atoms. The highest BCUT2D eigenvalue weighted by Gasteiger charge is 2.28. The van der Waals surface area contributed by atoms with Crippen LogP contribution in [0.1, 0.15) is 50.1 Å². The number of thioether (sulfide) groups is 1. The Hall–Kier alpha value is -1.75. The third-order valence-corrected chi connectivity index (χ3v) is 6.24. The zero-order chi connectivity index (χ0) is 18.7. The van der Waals surface area contributed by atoms with Gasteiger partial charge in [0.15, 0.2) is 5.16 Å². The lowest BCUT2D eigenvalue weighted by molar-refractivity contribution is -0.117. The second kappa shape index (κ2) is 8.30. The Morgan fingerprint density at radius 3 is 2.85 bits per heavy atom. The van der Waals surface area contributed by atoms with Crippen LogP contribution in [0.3, 0.4) is 0 Å². The normalized spacial score (nSPS) is 15.0. The van der Waals surface area contributed by atoms with Crippen molar-refractivity contribution in [1.29, 1.82) is 0 Å². The highest BCUT2D eigenvalue weighted by atomic mass is 32.2. The third kappa shape index (κ3) is 3.83. The van der Waals surface area contributed by atoms with Gasteiger partial charge in [-0.15, -0.1) is 0 Å². The first-order valence-corrected chi connectivity index (χ1v) is 10.5. The summed E-state index contributed by atoms with van der Waals surface area (Å²) in [5.41, 5.74) is 4.63. The van der Waals surface area contributed by atoms with E-state index in [9.17, 15) is 4.79 Å². The number of aromatic nitrogens is 2. The molecule has 1 aliphatic rings.